The van der Waals surface area contributed by atoms with Gasteiger partial charge < -0.3 is 20.3 Å². The lowest BCUT2D eigenvalue weighted by molar-refractivity contribution is -0.148. The maximum absolute atomic E-state index is 14.0. The van der Waals surface area contributed by atoms with Gasteiger partial charge in [0.15, 0.2) is 5.41 Å². The van der Waals surface area contributed by atoms with Crippen LogP contribution in [-0.4, -0.2) is 25.4 Å². The van der Waals surface area contributed by atoms with Crippen molar-refractivity contribution in [2.45, 2.75) is 11.0 Å². The molecule has 0 fully saturated rings. The van der Waals surface area contributed by atoms with Crippen LogP contribution in [0.5, 0.6) is 0 Å². The Balaban J connectivity index is 1.94. The second-order valence-corrected chi connectivity index (χ2v) is 7.49. The van der Waals surface area contributed by atoms with Gasteiger partial charge >= 0.3 is 0 Å². The van der Waals surface area contributed by atoms with Gasteiger partial charge in [-0.2, -0.15) is 5.26 Å². The Morgan fingerprint density at radius 3 is 2.40 bits per heavy atom. The summed E-state index contributed by atoms with van der Waals surface area (Å²) in [6.07, 6.45) is 1.61. The van der Waals surface area contributed by atoms with Crippen LogP contribution in [0, 0.1) is 11.3 Å². The van der Waals surface area contributed by atoms with Crippen LogP contribution in [-0.2, 0) is 25.3 Å². The van der Waals surface area contributed by atoms with Crippen molar-refractivity contribution in [1.29, 1.82) is 5.26 Å². The molecule has 5 rings (SSSR count). The fourth-order valence-electron chi connectivity index (χ4n) is 5.13. The van der Waals surface area contributed by atoms with Gasteiger partial charge in [0.25, 0.3) is 5.91 Å². The van der Waals surface area contributed by atoms with Gasteiger partial charge in [-0.1, -0.05) is 42.5 Å². The van der Waals surface area contributed by atoms with Crippen molar-refractivity contribution in [3.05, 3.63) is 83.8 Å². The zero-order valence-corrected chi connectivity index (χ0v) is 16.3. The van der Waals surface area contributed by atoms with Gasteiger partial charge in [0.2, 0.25) is 17.4 Å². The lowest BCUT2D eigenvalue weighted by atomic mass is 9.62. The van der Waals surface area contributed by atoms with Crippen molar-refractivity contribution in [2.24, 2.45) is 5.73 Å². The van der Waals surface area contributed by atoms with Crippen LogP contribution in [0.15, 0.2) is 72.6 Å². The predicted molar refractivity (Wildman–Crippen MR) is 110 cm³/mol. The van der Waals surface area contributed by atoms with Gasteiger partial charge in [-0.3, -0.25) is 9.59 Å². The van der Waals surface area contributed by atoms with Crippen molar-refractivity contribution in [3.8, 4) is 6.07 Å². The third-order valence-electron chi connectivity index (χ3n) is 6.25. The number of benzene rings is 2. The molecule has 3 aliphatic heterocycles. The Kier molecular flexibility index (Phi) is 3.44. The number of rotatable bonds is 2. The number of amides is 2. The predicted octanol–water partition coefficient (Wildman–Crippen LogP) is 2.05. The van der Waals surface area contributed by atoms with Crippen LogP contribution >= 0.6 is 0 Å². The quantitative estimate of drug-likeness (QED) is 0.781. The standard InChI is InChI=1S/C23H18N4O3/c1-3-12-27-18-11-7-5-9-15(18)23(21(27)29)22(16(13-24)19(25)30-23)14-8-4-6-10-17(14)26(2)20(22)28/h3-11H,1,12,25H2,2H3/t22-,23-/m0/s1. The summed E-state index contributed by atoms with van der Waals surface area (Å²) >= 11 is 0. The van der Waals surface area contributed by atoms with Gasteiger partial charge in [0.1, 0.15) is 11.6 Å². The van der Waals surface area contributed by atoms with E-state index >= 15 is 0 Å². The molecule has 0 saturated carbocycles. The maximum Gasteiger partial charge on any atom is 0.278 e. The fraction of sp³-hybridized carbons (Fsp3) is 0.174. The summed E-state index contributed by atoms with van der Waals surface area (Å²) < 4.78 is 6.10. The average Bonchev–Trinajstić information content (AvgIpc) is 3.26. The zero-order chi connectivity index (χ0) is 21.3. The largest absolute Gasteiger partial charge is 0.455 e. The van der Waals surface area contributed by atoms with Gasteiger partial charge in [-0.05, 0) is 12.1 Å². The number of anilines is 2. The number of carbonyl (C=O) groups is 2. The highest BCUT2D eigenvalue weighted by molar-refractivity contribution is 6.20. The Morgan fingerprint density at radius 1 is 1.10 bits per heavy atom. The van der Waals surface area contributed by atoms with E-state index in [0.29, 0.717) is 22.5 Å². The first-order chi connectivity index (χ1) is 14.5. The van der Waals surface area contributed by atoms with Crippen molar-refractivity contribution < 1.29 is 14.3 Å². The molecule has 2 atom stereocenters. The highest BCUT2D eigenvalue weighted by Gasteiger charge is 2.78. The van der Waals surface area contributed by atoms with Crippen molar-refractivity contribution in [1.82, 2.24) is 0 Å². The highest BCUT2D eigenvalue weighted by Crippen LogP contribution is 2.65. The summed E-state index contributed by atoms with van der Waals surface area (Å²) in [4.78, 5) is 30.9. The second-order valence-electron chi connectivity index (χ2n) is 7.49. The molecule has 2 amide bonds. The van der Waals surface area contributed by atoms with E-state index in [0.717, 1.165) is 0 Å². The van der Waals surface area contributed by atoms with Crippen LogP contribution in [0.4, 0.5) is 11.4 Å². The Hall–Kier alpha value is -4.05. The topological polar surface area (TPSA) is 99.7 Å². The van der Waals surface area contributed by atoms with Gasteiger partial charge in [-0.15, -0.1) is 6.58 Å². The normalized spacial score (nSPS) is 26.3. The molecule has 30 heavy (non-hydrogen) atoms. The summed E-state index contributed by atoms with van der Waals surface area (Å²) in [5.74, 6) is -1.08. The zero-order valence-electron chi connectivity index (χ0n) is 16.3. The van der Waals surface area contributed by atoms with Crippen LogP contribution in [0.3, 0.4) is 0 Å². The Bertz CT molecular complexity index is 1230. The molecule has 3 aliphatic rings. The first-order valence-electron chi connectivity index (χ1n) is 9.46. The number of nitrogens with two attached hydrogens (primary N) is 1. The number of hydrogen-bond donors (Lipinski definition) is 1. The number of likely N-dealkylation sites (N-methyl/N-ethyl adjacent to an activating group) is 1. The molecule has 0 aromatic heterocycles. The monoisotopic (exact) mass is 398 g/mol. The number of fused-ring (bicyclic) bond motifs is 5. The lowest BCUT2D eigenvalue weighted by Gasteiger charge is -2.37. The molecule has 0 radical (unpaired) electrons. The summed E-state index contributed by atoms with van der Waals surface area (Å²) in [6.45, 7) is 3.97. The molecule has 148 valence electrons. The van der Waals surface area contributed by atoms with Gasteiger partial charge in [-0.25, -0.2) is 0 Å². The minimum Gasteiger partial charge on any atom is -0.455 e. The van der Waals surface area contributed by atoms with Crippen molar-refractivity contribution >= 4 is 23.2 Å². The number of ether oxygens (including phenoxy) is 1. The van der Waals surface area contributed by atoms with E-state index in [1.54, 1.807) is 61.7 Å². The molecule has 0 saturated heterocycles. The second kappa shape index (κ2) is 5.74. The molecule has 0 unspecified atom stereocenters. The molecule has 0 aliphatic carbocycles. The number of para-hydroxylation sites is 2. The minimum absolute atomic E-state index is 0.0482. The van der Waals surface area contributed by atoms with Crippen LogP contribution in [0.1, 0.15) is 11.1 Å². The van der Waals surface area contributed by atoms with Crippen LogP contribution < -0.4 is 15.5 Å². The summed E-state index contributed by atoms with van der Waals surface area (Å²) in [7, 11) is 1.62. The average molecular weight is 398 g/mol. The van der Waals surface area contributed by atoms with Gasteiger partial charge in [0, 0.05) is 30.4 Å². The summed E-state index contributed by atoms with van der Waals surface area (Å²) in [5.41, 5.74) is 4.86. The third-order valence-corrected chi connectivity index (χ3v) is 6.25. The van der Waals surface area contributed by atoms with E-state index in [2.05, 4.69) is 12.6 Å². The summed E-state index contributed by atoms with van der Waals surface area (Å²) in [5, 5.41) is 10.1. The molecule has 2 aromatic carbocycles. The van der Waals surface area contributed by atoms with E-state index in [4.69, 9.17) is 10.5 Å². The van der Waals surface area contributed by atoms with E-state index < -0.39 is 22.8 Å². The highest BCUT2D eigenvalue weighted by atomic mass is 16.5. The third kappa shape index (κ3) is 1.67. The molecule has 2 spiro atoms. The molecule has 3 heterocycles. The Morgan fingerprint density at radius 2 is 1.73 bits per heavy atom. The molecule has 2 aromatic rings. The van der Waals surface area contributed by atoms with Crippen molar-refractivity contribution in [3.63, 3.8) is 0 Å². The Labute approximate surface area is 173 Å². The first-order valence-corrected chi connectivity index (χ1v) is 9.46. The molecule has 0 bridgehead atoms. The number of nitrogens with zero attached hydrogens (tertiary/aromatic N) is 3. The first kappa shape index (κ1) is 18.0. The number of nitriles is 1. The van der Waals surface area contributed by atoms with Gasteiger partial charge in [0.05, 0.1) is 5.69 Å². The van der Waals surface area contributed by atoms with E-state index in [1.807, 2.05) is 0 Å². The van der Waals surface area contributed by atoms with E-state index in [9.17, 15) is 14.9 Å². The fourth-order valence-corrected chi connectivity index (χ4v) is 5.13. The minimum atomic E-state index is -1.81. The molecule has 7 heteroatoms. The lowest BCUT2D eigenvalue weighted by Crippen LogP contribution is -2.58. The molecular weight excluding hydrogens is 380 g/mol. The molecule has 7 nitrogen and oxygen atoms in total. The van der Waals surface area contributed by atoms with Crippen molar-refractivity contribution in [2.75, 3.05) is 23.4 Å². The van der Waals surface area contributed by atoms with E-state index in [-0.39, 0.29) is 18.0 Å². The molecular formula is C23H18N4O3. The smallest absolute Gasteiger partial charge is 0.278 e. The number of hydrogen-bond acceptors (Lipinski definition) is 5. The van der Waals surface area contributed by atoms with E-state index in [1.165, 1.54) is 9.80 Å². The summed E-state index contributed by atoms with van der Waals surface area (Å²) in [6, 6.07) is 16.3. The maximum atomic E-state index is 14.0. The van der Waals surface area contributed by atoms with Crippen LogP contribution in [0.25, 0.3) is 0 Å². The SMILES string of the molecule is C=CCN1C(=O)[C@@]2(OC(N)=C(C#N)[C@@]23C(=O)N(C)c2ccccc23)c2ccccc21. The number of carbonyl (C=O) groups excluding carboxylic acids is 2. The van der Waals surface area contributed by atoms with Crippen LogP contribution in [0.2, 0.25) is 0 Å². The molecule has 2 N–H and O–H groups in total.